The summed E-state index contributed by atoms with van der Waals surface area (Å²) in [6, 6.07) is 13.1. The van der Waals surface area contributed by atoms with Crippen molar-refractivity contribution < 1.29 is 4.79 Å². The van der Waals surface area contributed by atoms with Gasteiger partial charge in [-0.15, -0.1) is 0 Å². The maximum absolute atomic E-state index is 12.8. The van der Waals surface area contributed by atoms with Crippen molar-refractivity contribution in [3.63, 3.8) is 0 Å². The maximum Gasteiger partial charge on any atom is 0.264 e. The number of aryl methyl sites for hydroxylation is 2. The highest BCUT2D eigenvalue weighted by Gasteiger charge is 2.11. The second kappa shape index (κ2) is 8.73. The molecule has 0 aliphatic heterocycles. The summed E-state index contributed by atoms with van der Waals surface area (Å²) in [5.74, 6) is -0.137. The van der Waals surface area contributed by atoms with E-state index in [9.17, 15) is 9.59 Å². The first kappa shape index (κ1) is 20.8. The van der Waals surface area contributed by atoms with Crippen LogP contribution in [0.5, 0.6) is 0 Å². The second-order valence-electron chi connectivity index (χ2n) is 7.54. The Morgan fingerprint density at radius 1 is 1.10 bits per heavy atom. The van der Waals surface area contributed by atoms with Crippen LogP contribution in [-0.2, 0) is 13.1 Å². The van der Waals surface area contributed by atoms with E-state index in [1.165, 1.54) is 12.5 Å². The Bertz CT molecular complexity index is 1290. The minimum Gasteiger partial charge on any atom is -0.350 e. The molecule has 0 unspecified atom stereocenters. The van der Waals surface area contributed by atoms with Gasteiger partial charge < -0.3 is 5.32 Å². The van der Waals surface area contributed by atoms with Gasteiger partial charge in [0.2, 0.25) is 0 Å². The number of hydrogen-bond acceptors (Lipinski definition) is 4. The Balaban J connectivity index is 1.45. The molecule has 2 heterocycles. The quantitative estimate of drug-likeness (QED) is 0.503. The van der Waals surface area contributed by atoms with Crippen molar-refractivity contribution in [3.8, 4) is 0 Å². The fraction of sp³-hybridized carbons (Fsp3) is 0.217. The van der Waals surface area contributed by atoms with Gasteiger partial charge in [0, 0.05) is 17.1 Å². The summed E-state index contributed by atoms with van der Waals surface area (Å²) in [5, 5.41) is 8.27. The summed E-state index contributed by atoms with van der Waals surface area (Å²) >= 11 is 5.92. The molecule has 2 aromatic carbocycles. The van der Waals surface area contributed by atoms with Crippen molar-refractivity contribution >= 4 is 28.5 Å². The number of nitrogens with one attached hydrogen (secondary N) is 1. The molecule has 0 bridgehead atoms. The number of hydrogen-bond donors (Lipinski definition) is 1. The molecule has 0 fully saturated rings. The molecule has 0 radical (unpaired) electrons. The van der Waals surface area contributed by atoms with Gasteiger partial charge in [-0.05, 0) is 43.7 Å². The average molecular weight is 436 g/mol. The molecule has 0 aliphatic rings. The van der Waals surface area contributed by atoms with E-state index in [2.05, 4.69) is 15.4 Å². The van der Waals surface area contributed by atoms with Gasteiger partial charge in [0.05, 0.1) is 19.3 Å². The van der Waals surface area contributed by atoms with Crippen molar-refractivity contribution in [2.45, 2.75) is 26.9 Å². The summed E-state index contributed by atoms with van der Waals surface area (Å²) in [5.41, 5.74) is 4.01. The monoisotopic (exact) mass is 435 g/mol. The van der Waals surface area contributed by atoms with Crippen molar-refractivity contribution in [3.05, 3.63) is 92.6 Å². The lowest BCUT2D eigenvalue weighted by Gasteiger charge is -2.08. The van der Waals surface area contributed by atoms with Gasteiger partial charge in [0.25, 0.3) is 11.5 Å². The van der Waals surface area contributed by atoms with Crippen LogP contribution >= 0.6 is 11.6 Å². The number of fused-ring (bicyclic) bond motifs is 1. The molecule has 4 rings (SSSR count). The molecule has 158 valence electrons. The molecule has 1 amide bonds. The molecule has 7 nitrogen and oxygen atoms in total. The van der Waals surface area contributed by atoms with Gasteiger partial charge in [0.1, 0.15) is 11.7 Å². The Hall–Kier alpha value is -3.45. The number of amides is 1. The minimum atomic E-state index is -0.162. The molecule has 8 heteroatoms. The first-order chi connectivity index (χ1) is 14.9. The normalized spacial score (nSPS) is 11.1. The van der Waals surface area contributed by atoms with E-state index < -0.39 is 0 Å². The molecular weight excluding hydrogens is 414 g/mol. The van der Waals surface area contributed by atoms with Gasteiger partial charge in [-0.1, -0.05) is 40.9 Å². The molecule has 2 aromatic heterocycles. The van der Waals surface area contributed by atoms with Gasteiger partial charge in [-0.2, -0.15) is 5.10 Å². The molecule has 0 aliphatic carbocycles. The van der Waals surface area contributed by atoms with Crippen LogP contribution in [0.15, 0.2) is 59.8 Å². The van der Waals surface area contributed by atoms with Crippen LogP contribution in [0.25, 0.3) is 11.0 Å². The smallest absolute Gasteiger partial charge is 0.264 e. The lowest BCUT2D eigenvalue weighted by atomic mass is 10.1. The van der Waals surface area contributed by atoms with E-state index >= 15 is 0 Å². The van der Waals surface area contributed by atoms with Gasteiger partial charge in [0.15, 0.2) is 5.65 Å². The standard InChI is InChI=1S/C23H22ClN5O2/c1-15-9-16(2)11-18(10-15)22(30)25-7-8-29-21-20(12-27-29)23(31)28(14-26-21)13-17-3-5-19(24)6-4-17/h3-6,9-12,14H,7-8,13H2,1-2H3,(H,25,30). The zero-order chi connectivity index (χ0) is 22.0. The van der Waals surface area contributed by atoms with Crippen LogP contribution in [0.1, 0.15) is 27.0 Å². The average Bonchev–Trinajstić information content (AvgIpc) is 3.14. The van der Waals surface area contributed by atoms with Crippen LogP contribution in [0.3, 0.4) is 0 Å². The number of carbonyl (C=O) groups is 1. The molecular formula is C23H22ClN5O2. The Morgan fingerprint density at radius 3 is 2.52 bits per heavy atom. The van der Waals surface area contributed by atoms with Crippen molar-refractivity contribution in [1.82, 2.24) is 24.6 Å². The van der Waals surface area contributed by atoms with Gasteiger partial charge in [-0.25, -0.2) is 9.67 Å². The first-order valence-electron chi connectivity index (χ1n) is 9.92. The number of aromatic nitrogens is 4. The zero-order valence-electron chi connectivity index (χ0n) is 17.3. The van der Waals surface area contributed by atoms with Crippen molar-refractivity contribution in [1.29, 1.82) is 0 Å². The molecule has 0 atom stereocenters. The number of benzene rings is 2. The van der Waals surface area contributed by atoms with Crippen LogP contribution < -0.4 is 10.9 Å². The molecule has 1 N–H and O–H groups in total. The van der Waals surface area contributed by atoms with E-state index in [0.717, 1.165) is 16.7 Å². The van der Waals surface area contributed by atoms with E-state index in [1.54, 1.807) is 21.4 Å². The molecule has 0 saturated heterocycles. The molecule has 0 spiro atoms. The topological polar surface area (TPSA) is 81.8 Å². The fourth-order valence-corrected chi connectivity index (χ4v) is 3.67. The van der Waals surface area contributed by atoms with E-state index in [-0.39, 0.29) is 11.5 Å². The second-order valence-corrected chi connectivity index (χ2v) is 7.98. The molecule has 0 saturated carbocycles. The highest BCUT2D eigenvalue weighted by Crippen LogP contribution is 2.12. The summed E-state index contributed by atoms with van der Waals surface area (Å²) in [4.78, 5) is 29.7. The summed E-state index contributed by atoms with van der Waals surface area (Å²) in [7, 11) is 0. The Kier molecular flexibility index (Phi) is 5.86. The van der Waals surface area contributed by atoms with E-state index in [0.29, 0.717) is 41.3 Å². The van der Waals surface area contributed by atoms with Crippen LogP contribution in [0.2, 0.25) is 5.02 Å². The van der Waals surface area contributed by atoms with Crippen molar-refractivity contribution in [2.75, 3.05) is 6.54 Å². The van der Waals surface area contributed by atoms with Crippen LogP contribution in [0.4, 0.5) is 0 Å². The lowest BCUT2D eigenvalue weighted by molar-refractivity contribution is 0.0952. The highest BCUT2D eigenvalue weighted by molar-refractivity contribution is 6.30. The van der Waals surface area contributed by atoms with Crippen molar-refractivity contribution in [2.24, 2.45) is 0 Å². The summed E-state index contributed by atoms with van der Waals surface area (Å²) in [6.45, 7) is 5.11. The minimum absolute atomic E-state index is 0.137. The van der Waals surface area contributed by atoms with Crippen LogP contribution in [0, 0.1) is 13.8 Å². The van der Waals surface area contributed by atoms with Gasteiger partial charge in [-0.3, -0.25) is 14.2 Å². The Morgan fingerprint density at radius 2 is 1.81 bits per heavy atom. The largest absolute Gasteiger partial charge is 0.350 e. The zero-order valence-corrected chi connectivity index (χ0v) is 18.1. The number of carbonyl (C=O) groups excluding carboxylic acids is 1. The maximum atomic E-state index is 12.8. The summed E-state index contributed by atoms with van der Waals surface area (Å²) < 4.78 is 3.17. The highest BCUT2D eigenvalue weighted by atomic mass is 35.5. The number of halogens is 1. The third-order valence-corrected chi connectivity index (χ3v) is 5.23. The fourth-order valence-electron chi connectivity index (χ4n) is 3.54. The number of rotatable bonds is 6. The Labute approximate surface area is 184 Å². The van der Waals surface area contributed by atoms with Crippen LogP contribution in [-0.4, -0.2) is 31.8 Å². The van der Waals surface area contributed by atoms with Gasteiger partial charge >= 0.3 is 0 Å². The SMILES string of the molecule is Cc1cc(C)cc(C(=O)NCCn2ncc3c(=O)n(Cc4ccc(Cl)cc4)cnc32)c1. The third kappa shape index (κ3) is 4.67. The van der Waals surface area contributed by atoms with E-state index in [1.807, 2.05) is 44.2 Å². The summed E-state index contributed by atoms with van der Waals surface area (Å²) in [6.07, 6.45) is 3.04. The predicted octanol–water partition coefficient (Wildman–Crippen LogP) is 3.34. The lowest BCUT2D eigenvalue weighted by Crippen LogP contribution is -2.28. The number of nitrogens with zero attached hydrogens (tertiary/aromatic N) is 4. The molecule has 4 aromatic rings. The van der Waals surface area contributed by atoms with E-state index in [4.69, 9.17) is 11.6 Å². The predicted molar refractivity (Wildman–Crippen MR) is 121 cm³/mol. The first-order valence-corrected chi connectivity index (χ1v) is 10.3. The molecule has 31 heavy (non-hydrogen) atoms. The third-order valence-electron chi connectivity index (χ3n) is 4.98.